The molecule has 1 heterocycles. The number of hydrogen-bond donors (Lipinski definition) is 0. The van der Waals surface area contributed by atoms with Crippen LogP contribution in [0, 0.1) is 0 Å². The van der Waals surface area contributed by atoms with Crippen LogP contribution in [0.15, 0.2) is 182 Å². The van der Waals surface area contributed by atoms with Crippen molar-refractivity contribution < 1.29 is 0 Å². The predicted molar refractivity (Wildman–Crippen MR) is 216 cm³/mol. The Morgan fingerprint density at radius 2 is 1.04 bits per heavy atom. The zero-order valence-corrected chi connectivity index (χ0v) is 28.7. The van der Waals surface area contributed by atoms with E-state index in [-0.39, 0.29) is 5.41 Å². The van der Waals surface area contributed by atoms with E-state index in [9.17, 15) is 0 Å². The van der Waals surface area contributed by atoms with Gasteiger partial charge in [0.05, 0.1) is 11.0 Å². The Hall–Kier alpha value is -6.38. The monoisotopic (exact) mass is 652 g/mol. The summed E-state index contributed by atoms with van der Waals surface area (Å²) in [6, 6.07) is 66.6. The van der Waals surface area contributed by atoms with Crippen molar-refractivity contribution in [1.29, 1.82) is 0 Å². The van der Waals surface area contributed by atoms with E-state index < -0.39 is 0 Å². The third-order valence-corrected chi connectivity index (χ3v) is 11.0. The first kappa shape index (κ1) is 29.5. The maximum absolute atomic E-state index is 2.40. The van der Waals surface area contributed by atoms with Crippen LogP contribution in [-0.2, 0) is 5.41 Å². The first-order valence-corrected chi connectivity index (χ1v) is 17.8. The molecule has 0 radical (unpaired) electrons. The third-order valence-electron chi connectivity index (χ3n) is 11.0. The minimum Gasteiger partial charge on any atom is -0.310 e. The number of benzene rings is 8. The third kappa shape index (κ3) is 4.64. The molecule has 0 spiro atoms. The molecule has 9 aromatic rings. The molecule has 0 fully saturated rings. The smallest absolute Gasteiger partial charge is 0.0542 e. The minimum absolute atomic E-state index is 0.0307. The van der Waals surface area contributed by atoms with Crippen molar-refractivity contribution in [3.63, 3.8) is 0 Å². The van der Waals surface area contributed by atoms with E-state index in [0.29, 0.717) is 0 Å². The molecule has 1 aliphatic rings. The minimum atomic E-state index is -0.0307. The van der Waals surface area contributed by atoms with Gasteiger partial charge in [-0.15, -0.1) is 0 Å². The summed E-state index contributed by atoms with van der Waals surface area (Å²) >= 11 is 0. The fraction of sp³-hybridized carbons (Fsp3) is 0.0612. The van der Waals surface area contributed by atoms with Crippen molar-refractivity contribution in [2.45, 2.75) is 19.3 Å². The van der Waals surface area contributed by atoms with Crippen LogP contribution >= 0.6 is 0 Å². The van der Waals surface area contributed by atoms with Crippen LogP contribution in [0.4, 0.5) is 17.1 Å². The molecule has 0 atom stereocenters. The van der Waals surface area contributed by atoms with Crippen LogP contribution in [0.3, 0.4) is 0 Å². The Morgan fingerprint density at radius 1 is 0.412 bits per heavy atom. The molecule has 0 saturated heterocycles. The van der Waals surface area contributed by atoms with Crippen LogP contribution in [0.2, 0.25) is 0 Å². The second-order valence-electron chi connectivity index (χ2n) is 14.2. The maximum atomic E-state index is 2.40. The van der Waals surface area contributed by atoms with Gasteiger partial charge in [0.1, 0.15) is 0 Å². The Labute approximate surface area is 298 Å². The van der Waals surface area contributed by atoms with Crippen molar-refractivity contribution in [2.75, 3.05) is 4.90 Å². The summed E-state index contributed by atoms with van der Waals surface area (Å²) in [6.45, 7) is 4.69. The zero-order valence-electron chi connectivity index (χ0n) is 28.7. The van der Waals surface area contributed by atoms with Gasteiger partial charge in [-0.1, -0.05) is 129 Å². The molecule has 1 aromatic heterocycles. The highest BCUT2D eigenvalue weighted by Gasteiger charge is 2.35. The lowest BCUT2D eigenvalue weighted by Crippen LogP contribution is -2.14. The number of nitrogens with zero attached hydrogens (tertiary/aromatic N) is 2. The second kappa shape index (κ2) is 11.3. The van der Waals surface area contributed by atoms with E-state index in [2.05, 4.69) is 205 Å². The Balaban J connectivity index is 1.11. The van der Waals surface area contributed by atoms with E-state index in [1.807, 2.05) is 0 Å². The summed E-state index contributed by atoms with van der Waals surface area (Å²) in [4.78, 5) is 2.40. The molecular weight excluding hydrogens is 617 g/mol. The van der Waals surface area contributed by atoms with E-state index in [4.69, 9.17) is 0 Å². The van der Waals surface area contributed by atoms with Gasteiger partial charge < -0.3 is 9.47 Å². The van der Waals surface area contributed by atoms with E-state index in [1.165, 1.54) is 66.0 Å². The van der Waals surface area contributed by atoms with Crippen molar-refractivity contribution >= 4 is 49.6 Å². The highest BCUT2D eigenvalue weighted by molar-refractivity contribution is 6.10. The summed E-state index contributed by atoms with van der Waals surface area (Å²) in [6.07, 6.45) is 0. The fourth-order valence-electron chi connectivity index (χ4n) is 8.41. The molecule has 0 N–H and O–H groups in total. The summed E-state index contributed by atoms with van der Waals surface area (Å²) in [7, 11) is 0. The van der Waals surface area contributed by atoms with Crippen LogP contribution in [0.5, 0.6) is 0 Å². The molecule has 242 valence electrons. The van der Waals surface area contributed by atoms with E-state index in [1.54, 1.807) is 0 Å². The van der Waals surface area contributed by atoms with Gasteiger partial charge in [-0.3, -0.25) is 0 Å². The average Bonchev–Trinajstić information content (AvgIpc) is 3.63. The Morgan fingerprint density at radius 3 is 1.90 bits per heavy atom. The molecule has 1 aliphatic carbocycles. The molecule has 0 bridgehead atoms. The van der Waals surface area contributed by atoms with E-state index >= 15 is 0 Å². The first-order chi connectivity index (χ1) is 25.0. The summed E-state index contributed by atoms with van der Waals surface area (Å²) in [5, 5.41) is 4.93. The lowest BCUT2D eigenvalue weighted by molar-refractivity contribution is 0.660. The van der Waals surface area contributed by atoms with Gasteiger partial charge in [0, 0.05) is 38.9 Å². The van der Waals surface area contributed by atoms with E-state index in [0.717, 1.165) is 22.7 Å². The average molecular weight is 653 g/mol. The predicted octanol–water partition coefficient (Wildman–Crippen LogP) is 13.4. The lowest BCUT2D eigenvalue weighted by Gasteiger charge is -2.26. The standard InChI is InChI=1S/C49H36N2/c1-49(2)45-18-10-8-16-41(45)42-28-23-36(31-46(42)49)34-20-24-38(25-21-34)50(39-26-22-33-12-6-7-13-35(33)30-39)40-27-29-48-44(32-40)43-17-9-11-19-47(43)51(48)37-14-4-3-5-15-37/h3-32H,1-2H3. The summed E-state index contributed by atoms with van der Waals surface area (Å²) < 4.78 is 2.38. The highest BCUT2D eigenvalue weighted by atomic mass is 15.1. The highest BCUT2D eigenvalue weighted by Crippen LogP contribution is 2.49. The SMILES string of the molecule is CC1(C)c2ccccc2-c2ccc(-c3ccc(N(c4ccc5ccccc5c4)c4ccc5c(c4)c4ccccc4n5-c4ccccc4)cc3)cc21. The number of anilines is 3. The van der Waals surface area contributed by atoms with Crippen LogP contribution < -0.4 is 4.90 Å². The van der Waals surface area contributed by atoms with Gasteiger partial charge in [0.25, 0.3) is 0 Å². The molecule has 51 heavy (non-hydrogen) atoms. The molecule has 0 aliphatic heterocycles. The van der Waals surface area contributed by atoms with Gasteiger partial charge in [0.2, 0.25) is 0 Å². The van der Waals surface area contributed by atoms with Gasteiger partial charge in [-0.05, 0) is 111 Å². The zero-order chi connectivity index (χ0) is 34.1. The number of fused-ring (bicyclic) bond motifs is 7. The molecule has 0 saturated carbocycles. The molecular formula is C49H36N2. The molecule has 0 unspecified atom stereocenters. The Bertz CT molecular complexity index is 2770. The molecule has 10 rings (SSSR count). The number of rotatable bonds is 5. The quantitative estimate of drug-likeness (QED) is 0.180. The summed E-state index contributed by atoms with van der Waals surface area (Å²) in [5.41, 5.74) is 14.9. The normalized spacial score (nSPS) is 13.1. The van der Waals surface area contributed by atoms with Crippen molar-refractivity contribution in [3.8, 4) is 27.9 Å². The topological polar surface area (TPSA) is 8.17 Å². The largest absolute Gasteiger partial charge is 0.310 e. The Kier molecular flexibility index (Phi) is 6.56. The number of hydrogen-bond acceptors (Lipinski definition) is 1. The molecule has 2 nitrogen and oxygen atoms in total. The van der Waals surface area contributed by atoms with Crippen molar-refractivity contribution in [1.82, 2.24) is 4.57 Å². The number of aromatic nitrogens is 1. The van der Waals surface area contributed by atoms with Gasteiger partial charge in [0.15, 0.2) is 0 Å². The summed E-state index contributed by atoms with van der Waals surface area (Å²) in [5.74, 6) is 0. The van der Waals surface area contributed by atoms with Gasteiger partial charge in [-0.2, -0.15) is 0 Å². The van der Waals surface area contributed by atoms with Crippen molar-refractivity contribution in [3.05, 3.63) is 193 Å². The van der Waals surface area contributed by atoms with Crippen LogP contribution in [0.1, 0.15) is 25.0 Å². The molecule has 0 amide bonds. The van der Waals surface area contributed by atoms with Crippen molar-refractivity contribution in [2.24, 2.45) is 0 Å². The molecule has 2 heteroatoms. The molecule has 8 aromatic carbocycles. The van der Waals surface area contributed by atoms with Crippen LogP contribution in [-0.4, -0.2) is 4.57 Å². The van der Waals surface area contributed by atoms with Crippen LogP contribution in [0.25, 0.3) is 60.5 Å². The fourth-order valence-corrected chi connectivity index (χ4v) is 8.41. The second-order valence-corrected chi connectivity index (χ2v) is 14.2. The lowest BCUT2D eigenvalue weighted by atomic mass is 9.81. The van der Waals surface area contributed by atoms with Gasteiger partial charge >= 0.3 is 0 Å². The maximum Gasteiger partial charge on any atom is 0.0542 e. The van der Waals surface area contributed by atoms with Gasteiger partial charge in [-0.25, -0.2) is 0 Å². The first-order valence-electron chi connectivity index (χ1n) is 17.8. The number of para-hydroxylation sites is 2.